The maximum atomic E-state index is 11.8. The number of benzene rings is 1. The number of hydrogen-bond acceptors (Lipinski definition) is 4. The van der Waals surface area contributed by atoms with E-state index in [0.29, 0.717) is 17.8 Å². The molecule has 0 spiro atoms. The Morgan fingerprint density at radius 3 is 2.90 bits per heavy atom. The van der Waals surface area contributed by atoms with Gasteiger partial charge in [0.15, 0.2) is 0 Å². The number of aryl methyl sites for hydroxylation is 1. The van der Waals surface area contributed by atoms with Crippen molar-refractivity contribution < 1.29 is 4.79 Å². The summed E-state index contributed by atoms with van der Waals surface area (Å²) in [7, 11) is 1.61. The molecule has 6 heteroatoms. The number of nitrogens with zero attached hydrogens (tertiary/aromatic N) is 2. The van der Waals surface area contributed by atoms with Crippen LogP contribution < -0.4 is 16.4 Å². The Balaban J connectivity index is 2.04. The van der Waals surface area contributed by atoms with Crippen molar-refractivity contribution in [2.24, 2.45) is 0 Å². The number of anilines is 2. The zero-order valence-corrected chi connectivity index (χ0v) is 11.7. The molecule has 2 rings (SSSR count). The van der Waals surface area contributed by atoms with Crippen LogP contribution in [0.25, 0.3) is 0 Å². The number of hydrogen-bond donors (Lipinski definition) is 3. The maximum Gasteiger partial charge on any atom is 0.253 e. The Bertz CT molecular complexity index is 605. The minimum Gasteiger partial charge on any atom is -0.399 e. The van der Waals surface area contributed by atoms with Crippen molar-refractivity contribution in [3.05, 3.63) is 41.7 Å². The van der Waals surface area contributed by atoms with Gasteiger partial charge in [-0.15, -0.1) is 0 Å². The molecule has 0 atom stereocenters. The second-order valence-corrected chi connectivity index (χ2v) is 4.59. The normalized spacial score (nSPS) is 10.3. The van der Waals surface area contributed by atoms with E-state index in [1.165, 1.54) is 0 Å². The molecule has 1 aromatic heterocycles. The highest BCUT2D eigenvalue weighted by Gasteiger charge is 2.09. The maximum absolute atomic E-state index is 11.8. The first-order chi connectivity index (χ1) is 9.60. The smallest absolute Gasteiger partial charge is 0.253 e. The van der Waals surface area contributed by atoms with Crippen LogP contribution in [0.2, 0.25) is 0 Å². The fourth-order valence-electron chi connectivity index (χ4n) is 1.94. The van der Waals surface area contributed by atoms with Gasteiger partial charge in [0.1, 0.15) is 0 Å². The molecule has 1 aromatic carbocycles. The Morgan fingerprint density at radius 2 is 2.25 bits per heavy atom. The van der Waals surface area contributed by atoms with Crippen LogP contribution in [0.5, 0.6) is 0 Å². The third-order valence-corrected chi connectivity index (χ3v) is 2.93. The van der Waals surface area contributed by atoms with Gasteiger partial charge < -0.3 is 16.4 Å². The van der Waals surface area contributed by atoms with Gasteiger partial charge in [0.25, 0.3) is 5.91 Å². The first-order valence-corrected chi connectivity index (χ1v) is 6.44. The summed E-state index contributed by atoms with van der Waals surface area (Å²) in [6.07, 6.45) is 3.79. The number of carbonyl (C=O) groups is 1. The van der Waals surface area contributed by atoms with Crippen molar-refractivity contribution in [1.29, 1.82) is 0 Å². The molecule has 0 aliphatic carbocycles. The first kappa shape index (κ1) is 13.9. The molecule has 0 aliphatic heterocycles. The lowest BCUT2D eigenvalue weighted by molar-refractivity contribution is 0.0964. The van der Waals surface area contributed by atoms with Gasteiger partial charge in [-0.25, -0.2) is 0 Å². The van der Waals surface area contributed by atoms with Crippen LogP contribution >= 0.6 is 0 Å². The van der Waals surface area contributed by atoms with Gasteiger partial charge in [-0.05, 0) is 30.7 Å². The zero-order valence-electron chi connectivity index (χ0n) is 11.7. The van der Waals surface area contributed by atoms with Crippen LogP contribution in [0.4, 0.5) is 11.4 Å². The average Bonchev–Trinajstić information content (AvgIpc) is 2.84. The summed E-state index contributed by atoms with van der Waals surface area (Å²) < 4.78 is 1.86. The van der Waals surface area contributed by atoms with E-state index in [-0.39, 0.29) is 5.91 Å². The van der Waals surface area contributed by atoms with Crippen molar-refractivity contribution in [3.63, 3.8) is 0 Å². The third-order valence-electron chi connectivity index (χ3n) is 2.93. The molecule has 4 N–H and O–H groups in total. The van der Waals surface area contributed by atoms with E-state index in [0.717, 1.165) is 17.8 Å². The molecule has 1 heterocycles. The Morgan fingerprint density at radius 1 is 1.45 bits per heavy atom. The van der Waals surface area contributed by atoms with Crippen LogP contribution in [0, 0.1) is 6.92 Å². The quantitative estimate of drug-likeness (QED) is 0.716. The molecule has 0 bridgehead atoms. The number of aromatic nitrogens is 2. The monoisotopic (exact) mass is 273 g/mol. The molecule has 2 aromatic rings. The van der Waals surface area contributed by atoms with Crippen molar-refractivity contribution in [3.8, 4) is 0 Å². The standard InChI is InChI=1S/C14H19N5O/c1-10-8-18-19(9-10)6-5-17-13-7-11(15)3-4-12(13)14(20)16-2/h3-4,7-9,17H,5-6,15H2,1-2H3,(H,16,20). The molecular weight excluding hydrogens is 254 g/mol. The minimum absolute atomic E-state index is 0.137. The van der Waals surface area contributed by atoms with Crippen molar-refractivity contribution >= 4 is 17.3 Å². The van der Waals surface area contributed by atoms with Gasteiger partial charge in [-0.2, -0.15) is 5.10 Å². The predicted molar refractivity (Wildman–Crippen MR) is 79.7 cm³/mol. The summed E-state index contributed by atoms with van der Waals surface area (Å²) >= 11 is 0. The van der Waals surface area contributed by atoms with E-state index in [1.54, 1.807) is 25.2 Å². The lowest BCUT2D eigenvalue weighted by Gasteiger charge is -2.12. The molecule has 0 aliphatic rings. The Hall–Kier alpha value is -2.50. The Kier molecular flexibility index (Phi) is 4.24. The van der Waals surface area contributed by atoms with Crippen molar-refractivity contribution in [2.75, 3.05) is 24.6 Å². The van der Waals surface area contributed by atoms with Gasteiger partial charge >= 0.3 is 0 Å². The van der Waals surface area contributed by atoms with Gasteiger partial charge in [0.2, 0.25) is 0 Å². The van der Waals surface area contributed by atoms with Crippen LogP contribution in [0.3, 0.4) is 0 Å². The van der Waals surface area contributed by atoms with Crippen molar-refractivity contribution in [2.45, 2.75) is 13.5 Å². The number of rotatable bonds is 5. The minimum atomic E-state index is -0.137. The number of nitrogen functional groups attached to an aromatic ring is 1. The SMILES string of the molecule is CNC(=O)c1ccc(N)cc1NCCn1cc(C)cn1. The van der Waals surface area contributed by atoms with Gasteiger partial charge in [-0.1, -0.05) is 0 Å². The summed E-state index contributed by atoms with van der Waals surface area (Å²) in [5.41, 5.74) is 8.82. The lowest BCUT2D eigenvalue weighted by atomic mass is 10.1. The number of nitrogens with one attached hydrogen (secondary N) is 2. The number of nitrogens with two attached hydrogens (primary N) is 1. The molecule has 0 unspecified atom stereocenters. The van der Waals surface area contributed by atoms with E-state index in [1.807, 2.05) is 24.0 Å². The fourth-order valence-corrected chi connectivity index (χ4v) is 1.94. The van der Waals surface area contributed by atoms with Crippen molar-refractivity contribution in [1.82, 2.24) is 15.1 Å². The van der Waals surface area contributed by atoms with Gasteiger partial charge in [0.05, 0.1) is 18.3 Å². The summed E-state index contributed by atoms with van der Waals surface area (Å²) in [6, 6.07) is 5.19. The average molecular weight is 273 g/mol. The largest absolute Gasteiger partial charge is 0.399 e. The van der Waals surface area contributed by atoms with E-state index in [9.17, 15) is 4.79 Å². The van der Waals surface area contributed by atoms with E-state index in [4.69, 9.17) is 5.73 Å². The molecule has 106 valence electrons. The Labute approximate surface area is 118 Å². The van der Waals surface area contributed by atoms with Crippen LogP contribution in [-0.2, 0) is 6.54 Å². The highest BCUT2D eigenvalue weighted by atomic mass is 16.1. The third kappa shape index (κ3) is 3.28. The molecule has 0 radical (unpaired) electrons. The second-order valence-electron chi connectivity index (χ2n) is 4.59. The molecule has 6 nitrogen and oxygen atoms in total. The topological polar surface area (TPSA) is 85.0 Å². The summed E-state index contributed by atoms with van der Waals surface area (Å²) in [6.45, 7) is 3.38. The summed E-state index contributed by atoms with van der Waals surface area (Å²) in [5, 5.41) is 10.1. The summed E-state index contributed by atoms with van der Waals surface area (Å²) in [5.74, 6) is -0.137. The van der Waals surface area contributed by atoms with Crippen LogP contribution in [0.1, 0.15) is 15.9 Å². The zero-order chi connectivity index (χ0) is 14.5. The molecule has 0 saturated heterocycles. The number of amides is 1. The van der Waals surface area contributed by atoms with E-state index < -0.39 is 0 Å². The van der Waals surface area contributed by atoms with Crippen LogP contribution in [-0.4, -0.2) is 29.3 Å². The molecule has 0 saturated carbocycles. The van der Waals surface area contributed by atoms with Crippen LogP contribution in [0.15, 0.2) is 30.6 Å². The fraction of sp³-hybridized carbons (Fsp3) is 0.286. The highest BCUT2D eigenvalue weighted by Crippen LogP contribution is 2.19. The molecule has 1 amide bonds. The van der Waals surface area contributed by atoms with Gasteiger partial charge in [-0.3, -0.25) is 9.48 Å². The second kappa shape index (κ2) is 6.10. The molecule has 0 fully saturated rings. The molecular formula is C14H19N5O. The first-order valence-electron chi connectivity index (χ1n) is 6.44. The molecule has 20 heavy (non-hydrogen) atoms. The van der Waals surface area contributed by atoms with E-state index >= 15 is 0 Å². The lowest BCUT2D eigenvalue weighted by Crippen LogP contribution is -2.20. The van der Waals surface area contributed by atoms with E-state index in [2.05, 4.69) is 15.7 Å². The van der Waals surface area contributed by atoms with Gasteiger partial charge in [0, 0.05) is 31.2 Å². The predicted octanol–water partition coefficient (Wildman–Crippen LogP) is 1.25. The highest BCUT2D eigenvalue weighted by molar-refractivity contribution is 6.00. The summed E-state index contributed by atoms with van der Waals surface area (Å²) in [4.78, 5) is 11.8. The number of carbonyl (C=O) groups excluding carboxylic acids is 1.